The second kappa shape index (κ2) is 10.6. The number of hydrogen-bond donors (Lipinski definition) is 0. The molecule has 0 amide bonds. The van der Waals surface area contributed by atoms with Gasteiger partial charge >= 0.3 is 0 Å². The van der Waals surface area contributed by atoms with Gasteiger partial charge in [-0.3, -0.25) is 0 Å². The molecule has 0 fully saturated rings. The first-order chi connectivity index (χ1) is 15.7. The molecule has 32 heavy (non-hydrogen) atoms. The van der Waals surface area contributed by atoms with Crippen molar-refractivity contribution >= 4 is 33.5 Å². The van der Waals surface area contributed by atoms with Gasteiger partial charge in [-0.1, -0.05) is 66.7 Å². The van der Waals surface area contributed by atoms with Crippen LogP contribution in [0.2, 0.25) is 0 Å². The van der Waals surface area contributed by atoms with Crippen molar-refractivity contribution in [3.63, 3.8) is 0 Å². The van der Waals surface area contributed by atoms with E-state index in [1.54, 1.807) is 7.11 Å². The Morgan fingerprint density at radius 1 is 0.781 bits per heavy atom. The topological polar surface area (TPSA) is 34.1 Å². The predicted octanol–water partition coefficient (Wildman–Crippen LogP) is 7.21. The number of rotatable bonds is 8. The summed E-state index contributed by atoms with van der Waals surface area (Å²) < 4.78 is 12.5. The number of para-hydroxylation sites is 2. The van der Waals surface area contributed by atoms with Gasteiger partial charge in [0.2, 0.25) is 0 Å². The summed E-state index contributed by atoms with van der Waals surface area (Å²) in [5.41, 5.74) is 3.92. The number of ether oxygens (including phenoxy) is 2. The number of halogens is 1. The van der Waals surface area contributed by atoms with Crippen LogP contribution in [0.5, 0.6) is 11.5 Å². The van der Waals surface area contributed by atoms with Gasteiger partial charge in [0.15, 0.2) is 11.5 Å². The molecule has 0 atom stereocenters. The van der Waals surface area contributed by atoms with Crippen LogP contribution in [0.3, 0.4) is 0 Å². The van der Waals surface area contributed by atoms with E-state index in [4.69, 9.17) is 14.6 Å². The molecule has 4 rings (SSSR count). The number of hydrogen-bond acceptors (Lipinski definition) is 4. The number of nitrogens with zero attached hydrogens (tertiary/aromatic N) is 2. The SMILES string of the molecule is COc1cc(/C=N/N(c2ccccc2)c2ccccc2)c(Br)cc1OCc1ccccc1. The van der Waals surface area contributed by atoms with E-state index in [1.807, 2.05) is 114 Å². The highest BCUT2D eigenvalue weighted by atomic mass is 79.9. The van der Waals surface area contributed by atoms with Crippen LogP contribution in [-0.4, -0.2) is 13.3 Å². The summed E-state index contributed by atoms with van der Waals surface area (Å²) >= 11 is 3.65. The van der Waals surface area contributed by atoms with Gasteiger partial charge in [0.05, 0.1) is 24.7 Å². The minimum Gasteiger partial charge on any atom is -0.493 e. The lowest BCUT2D eigenvalue weighted by Gasteiger charge is -2.19. The Morgan fingerprint density at radius 2 is 1.34 bits per heavy atom. The van der Waals surface area contributed by atoms with Crippen molar-refractivity contribution in [3.8, 4) is 11.5 Å². The third-order valence-corrected chi connectivity index (χ3v) is 5.52. The third kappa shape index (κ3) is 5.37. The Bertz CT molecular complexity index is 1130. The molecule has 4 aromatic carbocycles. The van der Waals surface area contributed by atoms with E-state index in [1.165, 1.54) is 0 Å². The molecule has 0 N–H and O–H groups in total. The predicted molar refractivity (Wildman–Crippen MR) is 134 cm³/mol. The van der Waals surface area contributed by atoms with Gasteiger partial charge in [0, 0.05) is 10.0 Å². The second-order valence-electron chi connectivity index (χ2n) is 7.03. The van der Waals surface area contributed by atoms with Gasteiger partial charge in [0.25, 0.3) is 0 Å². The fraction of sp³-hybridized carbons (Fsp3) is 0.0741. The van der Waals surface area contributed by atoms with Crippen LogP contribution < -0.4 is 14.5 Å². The zero-order chi connectivity index (χ0) is 22.2. The molecule has 0 radical (unpaired) electrons. The molecule has 4 nitrogen and oxygen atoms in total. The maximum atomic E-state index is 6.00. The van der Waals surface area contributed by atoms with E-state index < -0.39 is 0 Å². The van der Waals surface area contributed by atoms with Crippen molar-refractivity contribution in [2.75, 3.05) is 12.1 Å². The summed E-state index contributed by atoms with van der Waals surface area (Å²) in [5.74, 6) is 1.32. The minimum absolute atomic E-state index is 0.465. The van der Waals surface area contributed by atoms with E-state index >= 15 is 0 Å². The molecule has 4 aromatic rings. The molecule has 5 heteroatoms. The first-order valence-corrected chi connectivity index (χ1v) is 11.0. The first kappa shape index (κ1) is 21.7. The summed E-state index contributed by atoms with van der Waals surface area (Å²) in [4.78, 5) is 0. The van der Waals surface area contributed by atoms with Crippen LogP contribution in [0.1, 0.15) is 11.1 Å². The smallest absolute Gasteiger partial charge is 0.162 e. The molecule has 0 bridgehead atoms. The van der Waals surface area contributed by atoms with Crippen LogP contribution in [0.4, 0.5) is 11.4 Å². The fourth-order valence-corrected chi connectivity index (χ4v) is 3.62. The number of methoxy groups -OCH3 is 1. The highest BCUT2D eigenvalue weighted by Gasteiger charge is 2.11. The Kier molecular flexibility index (Phi) is 7.20. The van der Waals surface area contributed by atoms with Gasteiger partial charge in [-0.15, -0.1) is 0 Å². The van der Waals surface area contributed by atoms with E-state index in [2.05, 4.69) is 15.9 Å². The van der Waals surface area contributed by atoms with Gasteiger partial charge in [-0.25, -0.2) is 5.01 Å². The van der Waals surface area contributed by atoms with Gasteiger partial charge in [-0.05, 0) is 57.9 Å². The largest absolute Gasteiger partial charge is 0.493 e. The highest BCUT2D eigenvalue weighted by molar-refractivity contribution is 9.10. The van der Waals surface area contributed by atoms with Gasteiger partial charge in [0.1, 0.15) is 6.61 Å². The van der Waals surface area contributed by atoms with Crippen molar-refractivity contribution in [1.82, 2.24) is 0 Å². The summed E-state index contributed by atoms with van der Waals surface area (Å²) in [7, 11) is 1.64. The van der Waals surface area contributed by atoms with Crippen molar-refractivity contribution in [2.45, 2.75) is 6.61 Å². The lowest BCUT2D eigenvalue weighted by atomic mass is 10.2. The fourth-order valence-electron chi connectivity index (χ4n) is 3.20. The van der Waals surface area contributed by atoms with Crippen molar-refractivity contribution in [1.29, 1.82) is 0 Å². The molecule has 0 aromatic heterocycles. The molecule has 0 spiro atoms. The monoisotopic (exact) mass is 486 g/mol. The van der Waals surface area contributed by atoms with Crippen LogP contribution in [0.15, 0.2) is 113 Å². The average Bonchev–Trinajstić information content (AvgIpc) is 2.86. The molecule has 160 valence electrons. The zero-order valence-electron chi connectivity index (χ0n) is 17.7. The van der Waals surface area contributed by atoms with E-state index in [0.29, 0.717) is 18.1 Å². The lowest BCUT2D eigenvalue weighted by Crippen LogP contribution is -2.09. The zero-order valence-corrected chi connectivity index (χ0v) is 19.3. The molecule has 0 aliphatic carbocycles. The molecule has 0 unspecified atom stereocenters. The number of hydrazone groups is 1. The third-order valence-electron chi connectivity index (χ3n) is 4.83. The maximum Gasteiger partial charge on any atom is 0.162 e. The van der Waals surface area contributed by atoms with Gasteiger partial charge < -0.3 is 9.47 Å². The van der Waals surface area contributed by atoms with Crippen molar-refractivity contribution < 1.29 is 9.47 Å². The first-order valence-electron chi connectivity index (χ1n) is 10.2. The normalized spacial score (nSPS) is 10.8. The second-order valence-corrected chi connectivity index (χ2v) is 7.88. The molecule has 0 aliphatic heterocycles. The van der Waals surface area contributed by atoms with Crippen LogP contribution in [-0.2, 0) is 6.61 Å². The maximum absolute atomic E-state index is 6.00. The minimum atomic E-state index is 0.465. The van der Waals surface area contributed by atoms with Gasteiger partial charge in [-0.2, -0.15) is 5.10 Å². The Labute approximate surface area is 196 Å². The quantitative estimate of drug-likeness (QED) is 0.195. The van der Waals surface area contributed by atoms with Crippen molar-refractivity contribution in [2.24, 2.45) is 5.10 Å². The van der Waals surface area contributed by atoms with Crippen LogP contribution in [0, 0.1) is 0 Å². The summed E-state index contributed by atoms with van der Waals surface area (Å²) in [6.07, 6.45) is 1.81. The average molecular weight is 487 g/mol. The van der Waals surface area contributed by atoms with E-state index in [9.17, 15) is 0 Å². The number of anilines is 2. The molecule has 0 heterocycles. The van der Waals surface area contributed by atoms with Crippen molar-refractivity contribution in [3.05, 3.63) is 119 Å². The molecule has 0 saturated carbocycles. The van der Waals surface area contributed by atoms with E-state index in [0.717, 1.165) is 27.0 Å². The Morgan fingerprint density at radius 3 is 1.91 bits per heavy atom. The Balaban J connectivity index is 1.60. The summed E-state index contributed by atoms with van der Waals surface area (Å²) in [6.45, 7) is 0.465. The van der Waals surface area contributed by atoms with Crippen LogP contribution in [0.25, 0.3) is 0 Å². The highest BCUT2D eigenvalue weighted by Crippen LogP contribution is 2.34. The molecule has 0 saturated heterocycles. The molecular formula is C27H23BrN2O2. The standard InChI is InChI=1S/C27H23BrN2O2/c1-31-26-17-22(25(28)18-27(26)32-20-21-11-5-2-6-12-21)19-29-30(23-13-7-3-8-14-23)24-15-9-4-10-16-24/h2-19H,20H2,1H3/b29-19+. The lowest BCUT2D eigenvalue weighted by molar-refractivity contribution is 0.284. The summed E-state index contributed by atoms with van der Waals surface area (Å²) in [5, 5.41) is 6.68. The molecular weight excluding hydrogens is 464 g/mol. The summed E-state index contributed by atoms with van der Waals surface area (Å²) in [6, 6.07) is 34.0. The Hall–Kier alpha value is -3.57. The molecule has 0 aliphatic rings. The van der Waals surface area contributed by atoms with Crippen LogP contribution >= 0.6 is 15.9 Å². The van der Waals surface area contributed by atoms with E-state index in [-0.39, 0.29) is 0 Å². The number of benzene rings is 4.